The summed E-state index contributed by atoms with van der Waals surface area (Å²) < 4.78 is 40.0. The van der Waals surface area contributed by atoms with E-state index in [1.54, 1.807) is 25.1 Å². The fourth-order valence-electron chi connectivity index (χ4n) is 4.66. The Labute approximate surface area is 232 Å². The standard InChI is InChI=1S/C32H45F3N2O2/c1-3-4-5-6-7-8-9-10-11-12-13-22-30(38)36-23-17-24-37(31(39)29-21-15-14-18-26(29)2)28-20-16-19-27(25-28)32(33,34)35/h14-16,18-21,25H,3-13,17,22-24H2,1-2H3,(H,36,38). The lowest BCUT2D eigenvalue weighted by molar-refractivity contribution is -0.137. The van der Waals surface area contributed by atoms with E-state index in [2.05, 4.69) is 12.2 Å². The van der Waals surface area contributed by atoms with Crippen molar-refractivity contribution in [1.29, 1.82) is 0 Å². The van der Waals surface area contributed by atoms with E-state index >= 15 is 0 Å². The van der Waals surface area contributed by atoms with Crippen molar-refractivity contribution in [2.24, 2.45) is 0 Å². The highest BCUT2D eigenvalue weighted by Crippen LogP contribution is 2.32. The molecule has 2 rings (SSSR count). The van der Waals surface area contributed by atoms with Gasteiger partial charge in [0.05, 0.1) is 5.56 Å². The van der Waals surface area contributed by atoms with E-state index in [-0.39, 0.29) is 24.0 Å². The fraction of sp³-hybridized carbons (Fsp3) is 0.562. The van der Waals surface area contributed by atoms with Crippen LogP contribution in [-0.4, -0.2) is 24.9 Å². The first-order valence-corrected chi connectivity index (χ1v) is 14.6. The number of hydrogen-bond donors (Lipinski definition) is 1. The van der Waals surface area contributed by atoms with Crippen LogP contribution in [0.1, 0.15) is 112 Å². The van der Waals surface area contributed by atoms with Crippen LogP contribution in [-0.2, 0) is 11.0 Å². The molecule has 2 aromatic rings. The second-order valence-corrected chi connectivity index (χ2v) is 10.3. The third-order valence-corrected chi connectivity index (χ3v) is 6.99. The minimum absolute atomic E-state index is 0.0261. The molecule has 0 aliphatic rings. The third kappa shape index (κ3) is 12.3. The predicted molar refractivity (Wildman–Crippen MR) is 153 cm³/mol. The van der Waals surface area contributed by atoms with Crippen LogP contribution in [0.4, 0.5) is 18.9 Å². The Bertz CT molecular complexity index is 1010. The number of halogens is 3. The first-order chi connectivity index (χ1) is 18.7. The van der Waals surface area contributed by atoms with Gasteiger partial charge in [-0.25, -0.2) is 0 Å². The summed E-state index contributed by atoms with van der Waals surface area (Å²) in [6.45, 7) is 4.57. The Hall–Kier alpha value is -2.83. The van der Waals surface area contributed by atoms with Gasteiger partial charge >= 0.3 is 6.18 Å². The first kappa shape index (κ1) is 32.4. The van der Waals surface area contributed by atoms with Gasteiger partial charge in [0.25, 0.3) is 5.91 Å². The number of unbranched alkanes of at least 4 members (excludes halogenated alkanes) is 10. The number of anilines is 1. The SMILES string of the molecule is CCCCCCCCCCCCCC(=O)NCCCN(C(=O)c1ccccc1C)c1cccc(C(F)(F)F)c1. The number of nitrogens with zero attached hydrogens (tertiary/aromatic N) is 1. The molecule has 0 aliphatic heterocycles. The molecule has 7 heteroatoms. The van der Waals surface area contributed by atoms with Gasteiger partial charge in [-0.2, -0.15) is 13.2 Å². The Morgan fingerprint density at radius 3 is 2.03 bits per heavy atom. The maximum atomic E-state index is 13.3. The van der Waals surface area contributed by atoms with E-state index in [4.69, 9.17) is 0 Å². The van der Waals surface area contributed by atoms with Crippen molar-refractivity contribution in [3.8, 4) is 0 Å². The summed E-state index contributed by atoms with van der Waals surface area (Å²) in [5.41, 5.74) is 0.573. The van der Waals surface area contributed by atoms with Gasteiger partial charge in [-0.05, 0) is 49.6 Å². The Balaban J connectivity index is 1.78. The van der Waals surface area contributed by atoms with E-state index in [1.165, 1.54) is 68.4 Å². The zero-order valence-electron chi connectivity index (χ0n) is 23.6. The second-order valence-electron chi connectivity index (χ2n) is 10.3. The molecule has 0 saturated heterocycles. The lowest BCUT2D eigenvalue weighted by Crippen LogP contribution is -2.35. The Morgan fingerprint density at radius 2 is 1.41 bits per heavy atom. The smallest absolute Gasteiger partial charge is 0.356 e. The highest BCUT2D eigenvalue weighted by atomic mass is 19.4. The van der Waals surface area contributed by atoms with Crippen molar-refractivity contribution < 1.29 is 22.8 Å². The van der Waals surface area contributed by atoms with Crippen molar-refractivity contribution in [3.63, 3.8) is 0 Å². The van der Waals surface area contributed by atoms with Crippen LogP contribution >= 0.6 is 0 Å². The number of carbonyl (C=O) groups is 2. The van der Waals surface area contributed by atoms with Gasteiger partial charge in [0.2, 0.25) is 5.91 Å². The molecule has 4 nitrogen and oxygen atoms in total. The van der Waals surface area contributed by atoms with Gasteiger partial charge in [0, 0.05) is 30.8 Å². The quantitative estimate of drug-likeness (QED) is 0.190. The van der Waals surface area contributed by atoms with Crippen LogP contribution in [0, 0.1) is 6.92 Å². The van der Waals surface area contributed by atoms with E-state index in [1.807, 2.05) is 6.07 Å². The number of carbonyl (C=O) groups excluding carboxylic acids is 2. The minimum atomic E-state index is -4.50. The number of alkyl halides is 3. The predicted octanol–water partition coefficient (Wildman–Crippen LogP) is 8.87. The summed E-state index contributed by atoms with van der Waals surface area (Å²) in [6, 6.07) is 11.8. The normalized spacial score (nSPS) is 11.4. The van der Waals surface area contributed by atoms with Crippen molar-refractivity contribution >= 4 is 17.5 Å². The van der Waals surface area contributed by atoms with Gasteiger partial charge in [-0.1, -0.05) is 95.4 Å². The summed E-state index contributed by atoms with van der Waals surface area (Å²) in [5, 5.41) is 2.89. The monoisotopic (exact) mass is 546 g/mol. The summed E-state index contributed by atoms with van der Waals surface area (Å²) in [4.78, 5) is 27.0. The van der Waals surface area contributed by atoms with Crippen LogP contribution in [0.3, 0.4) is 0 Å². The summed E-state index contributed by atoms with van der Waals surface area (Å²) >= 11 is 0. The van der Waals surface area contributed by atoms with E-state index in [0.717, 1.165) is 37.0 Å². The van der Waals surface area contributed by atoms with Gasteiger partial charge in [-0.15, -0.1) is 0 Å². The first-order valence-electron chi connectivity index (χ1n) is 14.6. The topological polar surface area (TPSA) is 49.4 Å². The molecule has 0 radical (unpaired) electrons. The molecule has 0 spiro atoms. The van der Waals surface area contributed by atoms with E-state index in [9.17, 15) is 22.8 Å². The molecule has 216 valence electrons. The van der Waals surface area contributed by atoms with Crippen molar-refractivity contribution in [2.75, 3.05) is 18.0 Å². The second kappa shape index (κ2) is 17.7. The highest BCUT2D eigenvalue weighted by molar-refractivity contribution is 6.07. The lowest BCUT2D eigenvalue weighted by Gasteiger charge is -2.25. The van der Waals surface area contributed by atoms with Crippen LogP contribution in [0.5, 0.6) is 0 Å². The summed E-state index contributed by atoms with van der Waals surface area (Å²) in [5.74, 6) is -0.388. The number of aryl methyl sites for hydroxylation is 1. The van der Waals surface area contributed by atoms with Crippen molar-refractivity contribution in [1.82, 2.24) is 5.32 Å². The van der Waals surface area contributed by atoms with Crippen LogP contribution in [0.2, 0.25) is 0 Å². The number of nitrogens with one attached hydrogen (secondary N) is 1. The highest BCUT2D eigenvalue weighted by Gasteiger charge is 2.31. The molecule has 0 saturated carbocycles. The Morgan fingerprint density at radius 1 is 0.795 bits per heavy atom. The summed E-state index contributed by atoms with van der Waals surface area (Å²) in [7, 11) is 0. The Kier molecular flexibility index (Phi) is 14.7. The molecule has 0 bridgehead atoms. The zero-order valence-corrected chi connectivity index (χ0v) is 23.6. The average molecular weight is 547 g/mol. The van der Waals surface area contributed by atoms with Gasteiger partial charge < -0.3 is 10.2 Å². The maximum Gasteiger partial charge on any atom is 0.416 e. The lowest BCUT2D eigenvalue weighted by atomic mass is 10.1. The number of rotatable bonds is 18. The molecule has 0 fully saturated rings. The van der Waals surface area contributed by atoms with E-state index in [0.29, 0.717) is 24.9 Å². The molecule has 0 aromatic heterocycles. The zero-order chi connectivity index (χ0) is 28.5. The molecule has 0 unspecified atom stereocenters. The third-order valence-electron chi connectivity index (χ3n) is 6.99. The fourth-order valence-corrected chi connectivity index (χ4v) is 4.66. The number of benzene rings is 2. The van der Waals surface area contributed by atoms with Gasteiger partial charge in [0.1, 0.15) is 0 Å². The van der Waals surface area contributed by atoms with Crippen LogP contribution in [0.15, 0.2) is 48.5 Å². The molecule has 1 N–H and O–H groups in total. The molecule has 39 heavy (non-hydrogen) atoms. The van der Waals surface area contributed by atoms with Crippen molar-refractivity contribution in [3.05, 3.63) is 65.2 Å². The largest absolute Gasteiger partial charge is 0.416 e. The van der Waals surface area contributed by atoms with Crippen LogP contribution in [0.25, 0.3) is 0 Å². The molecule has 0 heterocycles. The van der Waals surface area contributed by atoms with Crippen molar-refractivity contribution in [2.45, 2.75) is 103 Å². The van der Waals surface area contributed by atoms with Gasteiger partial charge in [0.15, 0.2) is 0 Å². The molecular weight excluding hydrogens is 501 g/mol. The maximum absolute atomic E-state index is 13.3. The molecule has 2 amide bonds. The van der Waals surface area contributed by atoms with E-state index < -0.39 is 11.7 Å². The number of amides is 2. The molecule has 0 aliphatic carbocycles. The van der Waals surface area contributed by atoms with Gasteiger partial charge in [-0.3, -0.25) is 9.59 Å². The number of hydrogen-bond acceptors (Lipinski definition) is 2. The molecule has 0 atom stereocenters. The molecular formula is C32H45F3N2O2. The van der Waals surface area contributed by atoms with Crippen LogP contribution < -0.4 is 10.2 Å². The minimum Gasteiger partial charge on any atom is -0.356 e. The average Bonchev–Trinajstić information content (AvgIpc) is 2.91. The molecule has 2 aromatic carbocycles. The summed E-state index contributed by atoms with van der Waals surface area (Å²) in [6.07, 6.45) is 9.84.